The summed E-state index contributed by atoms with van der Waals surface area (Å²) < 4.78 is 4.84. The number of aryl methyl sites for hydroxylation is 1. The van der Waals surface area contributed by atoms with Gasteiger partial charge in [0.25, 0.3) is 5.91 Å². The van der Waals surface area contributed by atoms with Crippen LogP contribution in [0.15, 0.2) is 10.7 Å². The van der Waals surface area contributed by atoms with E-state index in [1.807, 2.05) is 6.92 Å². The molecule has 0 aliphatic carbocycles. The van der Waals surface area contributed by atoms with Gasteiger partial charge in [-0.2, -0.15) is 0 Å². The van der Waals surface area contributed by atoms with E-state index in [1.54, 1.807) is 18.9 Å². The van der Waals surface area contributed by atoms with Gasteiger partial charge in [-0.3, -0.25) is 4.79 Å². The number of carbonyl (C=O) groups is 1. The van der Waals surface area contributed by atoms with Gasteiger partial charge in [-0.1, -0.05) is 21.1 Å². The van der Waals surface area contributed by atoms with Gasteiger partial charge in [0.05, 0.1) is 6.20 Å². The summed E-state index contributed by atoms with van der Waals surface area (Å²) in [6.45, 7) is 3.70. The van der Waals surface area contributed by atoms with Crippen LogP contribution in [-0.2, 0) is 0 Å². The van der Waals surface area contributed by atoms with Crippen molar-refractivity contribution in [2.75, 3.05) is 12.4 Å². The topological polar surface area (TPSA) is 46.3 Å². The Morgan fingerprint density at radius 1 is 1.79 bits per heavy atom. The third kappa shape index (κ3) is 2.15. The lowest BCUT2D eigenvalue weighted by atomic mass is 10.2. The van der Waals surface area contributed by atoms with Gasteiger partial charge in [0.2, 0.25) is 0 Å². The summed E-state index contributed by atoms with van der Waals surface area (Å²) in [5, 5.41) is 4.33. The molecule has 0 aromatic carbocycles. The Morgan fingerprint density at radius 3 is 2.86 bits per heavy atom. The van der Waals surface area contributed by atoms with Crippen molar-refractivity contribution in [1.29, 1.82) is 0 Å². The lowest BCUT2D eigenvalue weighted by Gasteiger charge is -2.22. The molecular formula is C9H13BrN2O2. The molecule has 1 unspecified atom stereocenters. The third-order valence-electron chi connectivity index (χ3n) is 2.19. The van der Waals surface area contributed by atoms with Crippen LogP contribution in [0.1, 0.15) is 23.0 Å². The zero-order chi connectivity index (χ0) is 10.7. The fraction of sp³-hybridized carbons (Fsp3) is 0.556. The van der Waals surface area contributed by atoms with Crippen LogP contribution in [0.2, 0.25) is 0 Å². The average Bonchev–Trinajstić information content (AvgIpc) is 2.61. The maximum atomic E-state index is 11.8. The molecule has 1 atom stereocenters. The van der Waals surface area contributed by atoms with Crippen molar-refractivity contribution in [1.82, 2.24) is 10.1 Å². The van der Waals surface area contributed by atoms with Gasteiger partial charge in [0.15, 0.2) is 0 Å². The fourth-order valence-electron chi connectivity index (χ4n) is 0.998. The van der Waals surface area contributed by atoms with Crippen molar-refractivity contribution in [2.45, 2.75) is 19.9 Å². The summed E-state index contributed by atoms with van der Waals surface area (Å²) in [7, 11) is 1.76. The van der Waals surface area contributed by atoms with Crippen LogP contribution in [0.4, 0.5) is 0 Å². The second-order valence-corrected chi connectivity index (χ2v) is 3.86. The molecule has 5 heteroatoms. The van der Waals surface area contributed by atoms with Crippen molar-refractivity contribution in [2.24, 2.45) is 0 Å². The van der Waals surface area contributed by atoms with E-state index in [2.05, 4.69) is 21.1 Å². The van der Waals surface area contributed by atoms with E-state index in [9.17, 15) is 4.79 Å². The molecule has 0 N–H and O–H groups in total. The minimum atomic E-state index is -0.0595. The minimum absolute atomic E-state index is 0.0595. The molecule has 1 amide bonds. The van der Waals surface area contributed by atoms with Crippen LogP contribution < -0.4 is 0 Å². The molecular weight excluding hydrogens is 248 g/mol. The predicted molar refractivity (Wildman–Crippen MR) is 56.6 cm³/mol. The Kier molecular flexibility index (Phi) is 3.69. The number of amides is 1. The van der Waals surface area contributed by atoms with Gasteiger partial charge in [-0.05, 0) is 13.8 Å². The standard InChI is InChI=1S/C9H13BrN2O2/c1-6(4-10)12(3)9(13)8-5-11-14-7(8)2/h5-6H,4H2,1-3H3. The SMILES string of the molecule is Cc1oncc1C(=O)N(C)C(C)CBr. The monoisotopic (exact) mass is 260 g/mol. The van der Waals surface area contributed by atoms with Crippen LogP contribution in [-0.4, -0.2) is 34.4 Å². The number of hydrogen-bond donors (Lipinski definition) is 0. The molecule has 0 bridgehead atoms. The van der Waals surface area contributed by atoms with E-state index in [-0.39, 0.29) is 11.9 Å². The number of alkyl halides is 1. The number of rotatable bonds is 3. The van der Waals surface area contributed by atoms with Crippen LogP contribution in [0.25, 0.3) is 0 Å². The summed E-state index contributed by atoms with van der Waals surface area (Å²) in [5.41, 5.74) is 0.528. The highest BCUT2D eigenvalue weighted by molar-refractivity contribution is 9.09. The van der Waals surface area contributed by atoms with E-state index in [0.29, 0.717) is 11.3 Å². The van der Waals surface area contributed by atoms with Gasteiger partial charge in [-0.15, -0.1) is 0 Å². The van der Waals surface area contributed by atoms with Crippen LogP contribution >= 0.6 is 15.9 Å². The Balaban J connectivity index is 2.81. The Bertz CT molecular complexity index is 324. The van der Waals surface area contributed by atoms with Gasteiger partial charge in [-0.25, -0.2) is 0 Å². The first-order chi connectivity index (χ1) is 6.57. The largest absolute Gasteiger partial charge is 0.361 e. The molecule has 1 aromatic heterocycles. The van der Waals surface area contributed by atoms with Crippen molar-refractivity contribution in [3.05, 3.63) is 17.5 Å². The first-order valence-corrected chi connectivity index (χ1v) is 5.44. The van der Waals surface area contributed by atoms with Gasteiger partial charge in [0, 0.05) is 18.4 Å². The van der Waals surface area contributed by atoms with E-state index in [0.717, 1.165) is 5.33 Å². The van der Waals surface area contributed by atoms with Crippen molar-refractivity contribution >= 4 is 21.8 Å². The number of carbonyl (C=O) groups excluding carboxylic acids is 1. The first kappa shape index (κ1) is 11.2. The molecule has 0 saturated carbocycles. The highest BCUT2D eigenvalue weighted by Crippen LogP contribution is 2.11. The van der Waals surface area contributed by atoms with Gasteiger partial charge >= 0.3 is 0 Å². The lowest BCUT2D eigenvalue weighted by molar-refractivity contribution is 0.0756. The van der Waals surface area contributed by atoms with Crippen LogP contribution in [0.3, 0.4) is 0 Å². The minimum Gasteiger partial charge on any atom is -0.361 e. The first-order valence-electron chi connectivity index (χ1n) is 4.32. The second-order valence-electron chi connectivity index (χ2n) is 3.22. The van der Waals surface area contributed by atoms with E-state index >= 15 is 0 Å². The molecule has 0 spiro atoms. The zero-order valence-electron chi connectivity index (χ0n) is 8.45. The highest BCUT2D eigenvalue weighted by Gasteiger charge is 2.20. The second kappa shape index (κ2) is 4.59. The maximum absolute atomic E-state index is 11.8. The summed E-state index contributed by atoms with van der Waals surface area (Å²) in [5.74, 6) is 0.499. The number of hydrogen-bond acceptors (Lipinski definition) is 3. The smallest absolute Gasteiger partial charge is 0.259 e. The quantitative estimate of drug-likeness (QED) is 0.780. The van der Waals surface area contributed by atoms with Crippen LogP contribution in [0, 0.1) is 6.92 Å². The molecule has 1 rings (SSSR count). The maximum Gasteiger partial charge on any atom is 0.259 e. The average molecular weight is 261 g/mol. The molecule has 1 aromatic rings. The van der Waals surface area contributed by atoms with E-state index in [1.165, 1.54) is 6.20 Å². The molecule has 0 aliphatic heterocycles. The summed E-state index contributed by atoms with van der Waals surface area (Å²) >= 11 is 3.33. The molecule has 0 radical (unpaired) electrons. The zero-order valence-corrected chi connectivity index (χ0v) is 10.0. The highest BCUT2D eigenvalue weighted by atomic mass is 79.9. The van der Waals surface area contributed by atoms with Gasteiger partial charge < -0.3 is 9.42 Å². The molecule has 78 valence electrons. The predicted octanol–water partition coefficient (Wildman–Crippen LogP) is 1.84. The number of nitrogens with zero attached hydrogens (tertiary/aromatic N) is 2. The molecule has 0 aliphatic rings. The lowest BCUT2D eigenvalue weighted by Crippen LogP contribution is -2.36. The van der Waals surface area contributed by atoms with Crippen molar-refractivity contribution < 1.29 is 9.32 Å². The molecule has 0 saturated heterocycles. The molecule has 14 heavy (non-hydrogen) atoms. The third-order valence-corrected chi connectivity index (χ3v) is 3.12. The Morgan fingerprint density at radius 2 is 2.43 bits per heavy atom. The summed E-state index contributed by atoms with van der Waals surface area (Å²) in [6, 6.07) is 0.150. The normalized spacial score (nSPS) is 12.6. The van der Waals surface area contributed by atoms with Crippen molar-refractivity contribution in [3.8, 4) is 0 Å². The summed E-state index contributed by atoms with van der Waals surface area (Å²) in [6.07, 6.45) is 1.45. The Labute approximate surface area is 91.4 Å². The summed E-state index contributed by atoms with van der Waals surface area (Å²) in [4.78, 5) is 13.5. The molecule has 0 fully saturated rings. The Hall–Kier alpha value is -0.840. The van der Waals surface area contributed by atoms with E-state index < -0.39 is 0 Å². The van der Waals surface area contributed by atoms with Crippen molar-refractivity contribution in [3.63, 3.8) is 0 Å². The number of aromatic nitrogens is 1. The van der Waals surface area contributed by atoms with Gasteiger partial charge in [0.1, 0.15) is 11.3 Å². The number of halogens is 1. The molecule has 1 heterocycles. The molecule has 4 nitrogen and oxygen atoms in total. The van der Waals surface area contributed by atoms with E-state index in [4.69, 9.17) is 4.52 Å². The van der Waals surface area contributed by atoms with Crippen LogP contribution in [0.5, 0.6) is 0 Å². The fourth-order valence-corrected chi connectivity index (χ4v) is 1.43.